The molecule has 0 spiro atoms. The monoisotopic (exact) mass is 344 g/mol. The Morgan fingerprint density at radius 2 is 1.67 bits per heavy atom. The first-order valence-corrected chi connectivity index (χ1v) is 9.00. The molecule has 2 N–H and O–H groups in total. The van der Waals surface area contributed by atoms with Crippen molar-refractivity contribution in [2.75, 3.05) is 13.1 Å². The van der Waals surface area contributed by atoms with Crippen LogP contribution in [0, 0.1) is 0 Å². The van der Waals surface area contributed by atoms with Crippen molar-refractivity contribution in [2.45, 2.75) is 38.6 Å². The first-order chi connectivity index (χ1) is 11.7. The van der Waals surface area contributed by atoms with Gasteiger partial charge in [-0.25, -0.2) is 0 Å². The van der Waals surface area contributed by atoms with Gasteiger partial charge < -0.3 is 10.4 Å². The lowest BCUT2D eigenvalue weighted by Gasteiger charge is -2.32. The molecule has 2 aromatic rings. The summed E-state index contributed by atoms with van der Waals surface area (Å²) in [5, 5.41) is 13.9. The highest BCUT2D eigenvalue weighted by Crippen LogP contribution is 2.17. The van der Waals surface area contributed by atoms with Crippen LogP contribution < -0.4 is 5.32 Å². The molecular formula is C20H25ClN2O. The second-order valence-corrected chi connectivity index (χ2v) is 6.92. The SMILES string of the molecule is OCc1ccccc1CNC1CCN(Cc2ccc(Cl)cc2)CC1. The van der Waals surface area contributed by atoms with E-state index in [2.05, 4.69) is 28.4 Å². The fraction of sp³-hybridized carbons (Fsp3) is 0.400. The third kappa shape index (κ3) is 4.81. The number of nitrogens with zero attached hydrogens (tertiary/aromatic N) is 1. The number of aliphatic hydroxyl groups excluding tert-OH is 1. The largest absolute Gasteiger partial charge is 0.392 e. The van der Waals surface area contributed by atoms with Gasteiger partial charge in [-0.2, -0.15) is 0 Å². The molecule has 24 heavy (non-hydrogen) atoms. The molecule has 2 aromatic carbocycles. The van der Waals surface area contributed by atoms with Crippen LogP contribution in [0.15, 0.2) is 48.5 Å². The first kappa shape index (κ1) is 17.4. The molecule has 1 saturated heterocycles. The van der Waals surface area contributed by atoms with E-state index in [1.165, 1.54) is 11.1 Å². The number of likely N-dealkylation sites (tertiary alicyclic amines) is 1. The Bertz CT molecular complexity index is 636. The number of hydrogen-bond acceptors (Lipinski definition) is 3. The van der Waals surface area contributed by atoms with Gasteiger partial charge in [0.2, 0.25) is 0 Å². The van der Waals surface area contributed by atoms with Crippen LogP contribution in [-0.4, -0.2) is 29.1 Å². The molecule has 0 amide bonds. The highest BCUT2D eigenvalue weighted by Gasteiger charge is 2.19. The van der Waals surface area contributed by atoms with Crippen molar-refractivity contribution >= 4 is 11.6 Å². The van der Waals surface area contributed by atoms with Gasteiger partial charge in [-0.15, -0.1) is 0 Å². The number of hydrogen-bond donors (Lipinski definition) is 2. The zero-order valence-corrected chi connectivity index (χ0v) is 14.7. The Hall–Kier alpha value is -1.39. The molecule has 1 aliphatic rings. The van der Waals surface area contributed by atoms with Crippen LogP contribution in [0.5, 0.6) is 0 Å². The van der Waals surface area contributed by atoms with E-state index in [1.54, 1.807) is 0 Å². The van der Waals surface area contributed by atoms with Gasteiger partial charge in [-0.3, -0.25) is 4.90 Å². The van der Waals surface area contributed by atoms with Crippen molar-refractivity contribution in [3.05, 3.63) is 70.2 Å². The van der Waals surface area contributed by atoms with E-state index in [0.29, 0.717) is 6.04 Å². The van der Waals surface area contributed by atoms with Gasteiger partial charge in [-0.05, 0) is 54.8 Å². The summed E-state index contributed by atoms with van der Waals surface area (Å²) in [7, 11) is 0. The topological polar surface area (TPSA) is 35.5 Å². The summed E-state index contributed by atoms with van der Waals surface area (Å²) in [5.41, 5.74) is 3.54. The van der Waals surface area contributed by atoms with E-state index < -0.39 is 0 Å². The summed E-state index contributed by atoms with van der Waals surface area (Å²) in [6, 6.07) is 16.8. The van der Waals surface area contributed by atoms with E-state index in [-0.39, 0.29) is 6.61 Å². The van der Waals surface area contributed by atoms with Crippen LogP contribution in [0.2, 0.25) is 5.02 Å². The van der Waals surface area contributed by atoms with E-state index in [9.17, 15) is 5.11 Å². The van der Waals surface area contributed by atoms with Crippen molar-refractivity contribution in [1.29, 1.82) is 0 Å². The second-order valence-electron chi connectivity index (χ2n) is 6.48. The van der Waals surface area contributed by atoms with E-state index >= 15 is 0 Å². The van der Waals surface area contributed by atoms with E-state index in [4.69, 9.17) is 11.6 Å². The van der Waals surface area contributed by atoms with Crippen LogP contribution in [-0.2, 0) is 19.7 Å². The lowest BCUT2D eigenvalue weighted by Crippen LogP contribution is -2.41. The number of piperidine rings is 1. The highest BCUT2D eigenvalue weighted by atomic mass is 35.5. The lowest BCUT2D eigenvalue weighted by atomic mass is 10.0. The minimum absolute atomic E-state index is 0.109. The predicted octanol–water partition coefficient (Wildman–Crippen LogP) is 3.59. The molecule has 4 heteroatoms. The summed E-state index contributed by atoms with van der Waals surface area (Å²) in [5.74, 6) is 0. The lowest BCUT2D eigenvalue weighted by molar-refractivity contribution is 0.190. The van der Waals surface area contributed by atoms with Gasteiger partial charge in [0.15, 0.2) is 0 Å². The highest BCUT2D eigenvalue weighted by molar-refractivity contribution is 6.30. The zero-order chi connectivity index (χ0) is 16.8. The third-order valence-corrected chi connectivity index (χ3v) is 5.03. The normalized spacial score (nSPS) is 16.4. The van der Waals surface area contributed by atoms with Crippen LogP contribution in [0.4, 0.5) is 0 Å². The smallest absolute Gasteiger partial charge is 0.0685 e. The van der Waals surface area contributed by atoms with Crippen molar-refractivity contribution in [3.63, 3.8) is 0 Å². The molecule has 1 aliphatic heterocycles. The third-order valence-electron chi connectivity index (χ3n) is 4.78. The Kier molecular flexibility index (Phi) is 6.27. The standard InChI is InChI=1S/C20H25ClN2O/c21-19-7-5-16(6-8-19)14-23-11-9-20(10-12-23)22-13-17-3-1-2-4-18(17)15-24/h1-8,20,22,24H,9-15H2. The Labute approximate surface area is 149 Å². The molecule has 128 valence electrons. The molecule has 0 bridgehead atoms. The number of aliphatic hydroxyl groups is 1. The molecular weight excluding hydrogens is 320 g/mol. The maximum Gasteiger partial charge on any atom is 0.0685 e. The number of rotatable bonds is 6. The van der Waals surface area contributed by atoms with Gasteiger partial charge >= 0.3 is 0 Å². The van der Waals surface area contributed by atoms with Gasteiger partial charge in [0.25, 0.3) is 0 Å². The van der Waals surface area contributed by atoms with Crippen molar-refractivity contribution in [2.24, 2.45) is 0 Å². The number of halogens is 1. The van der Waals surface area contributed by atoms with Crippen LogP contribution >= 0.6 is 11.6 Å². The van der Waals surface area contributed by atoms with E-state index in [0.717, 1.165) is 49.6 Å². The second kappa shape index (κ2) is 8.63. The summed E-state index contributed by atoms with van der Waals surface area (Å²) in [6.45, 7) is 4.16. The maximum atomic E-state index is 9.40. The van der Waals surface area contributed by atoms with Gasteiger partial charge in [-0.1, -0.05) is 48.0 Å². The first-order valence-electron chi connectivity index (χ1n) is 8.62. The Morgan fingerprint density at radius 3 is 2.33 bits per heavy atom. The fourth-order valence-corrected chi connectivity index (χ4v) is 3.41. The molecule has 0 saturated carbocycles. The molecule has 0 unspecified atom stereocenters. The van der Waals surface area contributed by atoms with Gasteiger partial charge in [0.05, 0.1) is 6.61 Å². The summed E-state index contributed by atoms with van der Waals surface area (Å²) < 4.78 is 0. The number of nitrogens with one attached hydrogen (secondary N) is 1. The molecule has 0 radical (unpaired) electrons. The Morgan fingerprint density at radius 1 is 1.00 bits per heavy atom. The average Bonchev–Trinajstić information content (AvgIpc) is 2.63. The van der Waals surface area contributed by atoms with Crippen molar-refractivity contribution in [1.82, 2.24) is 10.2 Å². The molecule has 0 atom stereocenters. The Balaban J connectivity index is 1.44. The summed E-state index contributed by atoms with van der Waals surface area (Å²) in [6.07, 6.45) is 2.32. The van der Waals surface area contributed by atoms with Gasteiger partial charge in [0, 0.05) is 24.2 Å². The quantitative estimate of drug-likeness (QED) is 0.840. The van der Waals surface area contributed by atoms with Crippen LogP contribution in [0.25, 0.3) is 0 Å². The van der Waals surface area contributed by atoms with Crippen molar-refractivity contribution < 1.29 is 5.11 Å². The van der Waals surface area contributed by atoms with Crippen LogP contribution in [0.1, 0.15) is 29.5 Å². The predicted molar refractivity (Wildman–Crippen MR) is 99.0 cm³/mol. The summed E-state index contributed by atoms with van der Waals surface area (Å²) in [4.78, 5) is 2.50. The summed E-state index contributed by atoms with van der Waals surface area (Å²) >= 11 is 5.94. The molecule has 1 fully saturated rings. The van der Waals surface area contributed by atoms with E-state index in [1.807, 2.05) is 30.3 Å². The molecule has 0 aromatic heterocycles. The molecule has 0 aliphatic carbocycles. The molecule has 1 heterocycles. The molecule has 3 nitrogen and oxygen atoms in total. The van der Waals surface area contributed by atoms with Gasteiger partial charge in [0.1, 0.15) is 0 Å². The fourth-order valence-electron chi connectivity index (χ4n) is 3.28. The maximum absolute atomic E-state index is 9.40. The van der Waals surface area contributed by atoms with Crippen molar-refractivity contribution in [3.8, 4) is 0 Å². The number of benzene rings is 2. The molecule has 3 rings (SSSR count). The average molecular weight is 345 g/mol. The van der Waals surface area contributed by atoms with Crippen LogP contribution in [0.3, 0.4) is 0 Å². The zero-order valence-electron chi connectivity index (χ0n) is 13.9. The minimum atomic E-state index is 0.109. The minimum Gasteiger partial charge on any atom is -0.392 e.